The third-order valence-corrected chi connectivity index (χ3v) is 7.34. The number of likely N-dealkylation sites (tertiary alicyclic amines) is 1. The van der Waals surface area contributed by atoms with Crippen molar-refractivity contribution < 1.29 is 8.42 Å². The fraction of sp³-hybridized carbons (Fsp3) is 0.350. The van der Waals surface area contributed by atoms with Crippen LogP contribution >= 0.6 is 0 Å². The monoisotopic (exact) mass is 367 g/mol. The van der Waals surface area contributed by atoms with Crippen LogP contribution in [0.4, 0.5) is 11.4 Å². The molecule has 134 valence electrons. The van der Waals surface area contributed by atoms with Crippen molar-refractivity contribution in [2.45, 2.75) is 11.3 Å². The number of hydrogen-bond acceptors (Lipinski definition) is 5. The van der Waals surface area contributed by atoms with Gasteiger partial charge in [0.25, 0.3) is 0 Å². The van der Waals surface area contributed by atoms with Gasteiger partial charge < -0.3 is 9.80 Å². The maximum atomic E-state index is 12.9. The Bertz CT molecular complexity index is 958. The van der Waals surface area contributed by atoms with Gasteiger partial charge in [-0.15, -0.1) is 0 Å². The molecule has 5 nitrogen and oxygen atoms in total. The minimum absolute atomic E-state index is 0.251. The summed E-state index contributed by atoms with van der Waals surface area (Å²) in [6, 6.07) is 17.5. The van der Waals surface area contributed by atoms with Gasteiger partial charge in [0.1, 0.15) is 4.90 Å². The lowest BCUT2D eigenvalue weighted by Crippen LogP contribution is -2.55. The molecule has 0 aliphatic carbocycles. The van der Waals surface area contributed by atoms with Crippen LogP contribution in [0.5, 0.6) is 0 Å². The molecule has 0 radical (unpaired) electrons. The van der Waals surface area contributed by atoms with E-state index in [1.807, 2.05) is 17.0 Å². The summed E-state index contributed by atoms with van der Waals surface area (Å²) in [5.74, 6) is 0.925. The van der Waals surface area contributed by atoms with E-state index in [4.69, 9.17) is 0 Å². The third kappa shape index (κ3) is 2.51. The zero-order valence-corrected chi connectivity index (χ0v) is 15.3. The molecular weight excluding hydrogens is 346 g/mol. The molecule has 6 heteroatoms. The van der Waals surface area contributed by atoms with Crippen LogP contribution in [0.25, 0.3) is 0 Å². The largest absolute Gasteiger partial charge is 0.371 e. The Morgan fingerprint density at radius 3 is 2.12 bits per heavy atom. The van der Waals surface area contributed by atoms with Gasteiger partial charge >= 0.3 is 0 Å². The Morgan fingerprint density at radius 1 is 0.808 bits per heavy atom. The number of aliphatic imine (C=N–C) groups is 1. The zero-order valence-electron chi connectivity index (χ0n) is 14.5. The summed E-state index contributed by atoms with van der Waals surface area (Å²) >= 11 is 0. The molecule has 0 amide bonds. The van der Waals surface area contributed by atoms with Crippen LogP contribution in [0.1, 0.15) is 6.42 Å². The van der Waals surface area contributed by atoms with Crippen LogP contribution in [0, 0.1) is 11.8 Å². The molecule has 5 rings (SSSR count). The van der Waals surface area contributed by atoms with E-state index >= 15 is 0 Å². The van der Waals surface area contributed by atoms with Crippen molar-refractivity contribution in [2.24, 2.45) is 16.8 Å². The van der Waals surface area contributed by atoms with Crippen molar-refractivity contribution in [3.63, 3.8) is 0 Å². The highest BCUT2D eigenvalue weighted by molar-refractivity contribution is 8.06. The highest BCUT2D eigenvalue weighted by Crippen LogP contribution is 2.37. The molecule has 3 aliphatic rings. The molecule has 0 saturated carbocycles. The van der Waals surface area contributed by atoms with Gasteiger partial charge in [0, 0.05) is 31.9 Å². The summed E-state index contributed by atoms with van der Waals surface area (Å²) in [7, 11) is -3.48. The van der Waals surface area contributed by atoms with E-state index in [-0.39, 0.29) is 5.17 Å². The average molecular weight is 367 g/mol. The van der Waals surface area contributed by atoms with Gasteiger partial charge in [0.15, 0.2) is 0 Å². The van der Waals surface area contributed by atoms with Crippen molar-refractivity contribution in [3.05, 3.63) is 54.6 Å². The number of fused-ring (bicyclic) bond motifs is 3. The molecule has 2 unspecified atom stereocenters. The minimum Gasteiger partial charge on any atom is -0.371 e. The van der Waals surface area contributed by atoms with Crippen LogP contribution in [0.15, 0.2) is 64.5 Å². The lowest BCUT2D eigenvalue weighted by atomic mass is 9.84. The predicted octanol–water partition coefficient (Wildman–Crippen LogP) is 2.92. The predicted molar refractivity (Wildman–Crippen MR) is 103 cm³/mol. The summed E-state index contributed by atoms with van der Waals surface area (Å²) < 4.78 is 25.8. The number of rotatable bonds is 1. The van der Waals surface area contributed by atoms with Crippen LogP contribution < -0.4 is 4.90 Å². The fourth-order valence-electron chi connectivity index (χ4n) is 4.57. The minimum atomic E-state index is -3.48. The maximum Gasteiger partial charge on any atom is 0.241 e. The number of sulfone groups is 1. The normalized spacial score (nSPS) is 26.4. The van der Waals surface area contributed by atoms with Gasteiger partial charge in [-0.1, -0.05) is 30.3 Å². The van der Waals surface area contributed by atoms with E-state index in [1.165, 1.54) is 12.1 Å². The van der Waals surface area contributed by atoms with Crippen molar-refractivity contribution >= 4 is 26.4 Å². The van der Waals surface area contributed by atoms with Crippen molar-refractivity contribution in [2.75, 3.05) is 31.1 Å². The summed E-state index contributed by atoms with van der Waals surface area (Å²) in [5, 5.41) is 0.251. The number of anilines is 1. The quantitative estimate of drug-likeness (QED) is 0.778. The highest BCUT2D eigenvalue weighted by atomic mass is 32.2. The molecule has 2 fully saturated rings. The number of nitrogens with zero attached hydrogens (tertiary/aromatic N) is 3. The van der Waals surface area contributed by atoms with E-state index in [0.717, 1.165) is 26.2 Å². The number of para-hydroxylation sites is 2. The summed E-state index contributed by atoms with van der Waals surface area (Å²) in [6.45, 7) is 3.45. The zero-order chi connectivity index (χ0) is 17.7. The van der Waals surface area contributed by atoms with Gasteiger partial charge in [0.2, 0.25) is 15.0 Å². The molecule has 26 heavy (non-hydrogen) atoms. The smallest absolute Gasteiger partial charge is 0.241 e. The Labute approximate surface area is 153 Å². The summed E-state index contributed by atoms with van der Waals surface area (Å²) in [5.41, 5.74) is 1.83. The SMILES string of the molecule is O=S1(=O)C(N2CC3CC(C2)CN(c2ccccc2)C3)=Nc2ccccc21. The summed E-state index contributed by atoms with van der Waals surface area (Å²) in [4.78, 5) is 9.27. The van der Waals surface area contributed by atoms with Crippen LogP contribution in [-0.4, -0.2) is 44.7 Å². The third-order valence-electron chi connectivity index (χ3n) is 5.58. The van der Waals surface area contributed by atoms with E-state index < -0.39 is 9.84 Å². The molecule has 0 aromatic heterocycles. The van der Waals surface area contributed by atoms with E-state index in [1.54, 1.807) is 18.2 Å². The van der Waals surface area contributed by atoms with Crippen molar-refractivity contribution in [1.29, 1.82) is 0 Å². The second-order valence-electron chi connectivity index (χ2n) is 7.48. The van der Waals surface area contributed by atoms with Crippen molar-refractivity contribution in [3.8, 4) is 0 Å². The first-order valence-electron chi connectivity index (χ1n) is 9.09. The van der Waals surface area contributed by atoms with Gasteiger partial charge in [-0.05, 0) is 42.5 Å². The number of benzene rings is 2. The van der Waals surface area contributed by atoms with Crippen LogP contribution in [-0.2, 0) is 9.84 Å². The molecule has 2 atom stereocenters. The van der Waals surface area contributed by atoms with Crippen molar-refractivity contribution in [1.82, 2.24) is 4.90 Å². The lowest BCUT2D eigenvalue weighted by molar-refractivity contribution is 0.169. The number of amidine groups is 1. The van der Waals surface area contributed by atoms with E-state index in [0.29, 0.717) is 22.4 Å². The fourth-order valence-corrected chi connectivity index (χ4v) is 6.12. The maximum absolute atomic E-state index is 12.9. The van der Waals surface area contributed by atoms with E-state index in [9.17, 15) is 8.42 Å². The first kappa shape index (κ1) is 15.9. The summed E-state index contributed by atoms with van der Waals surface area (Å²) in [6.07, 6.45) is 1.17. The molecule has 3 aliphatic heterocycles. The second-order valence-corrected chi connectivity index (χ2v) is 9.29. The van der Waals surface area contributed by atoms with Gasteiger partial charge in [-0.2, -0.15) is 0 Å². The second kappa shape index (κ2) is 5.84. The molecular formula is C20H21N3O2S. The first-order valence-corrected chi connectivity index (χ1v) is 10.6. The van der Waals surface area contributed by atoms with Gasteiger partial charge in [0.05, 0.1) is 5.69 Å². The highest BCUT2D eigenvalue weighted by Gasteiger charge is 2.41. The molecule has 0 N–H and O–H groups in total. The van der Waals surface area contributed by atoms with E-state index in [2.05, 4.69) is 34.2 Å². The average Bonchev–Trinajstić information content (AvgIpc) is 2.93. The molecule has 2 bridgehead atoms. The molecule has 3 heterocycles. The first-order chi connectivity index (χ1) is 12.6. The lowest BCUT2D eigenvalue weighted by Gasteiger charge is -2.47. The van der Waals surface area contributed by atoms with Gasteiger partial charge in [-0.25, -0.2) is 13.4 Å². The Hall–Kier alpha value is -2.34. The van der Waals surface area contributed by atoms with Crippen LogP contribution in [0.2, 0.25) is 0 Å². The Morgan fingerprint density at radius 2 is 1.42 bits per heavy atom. The molecule has 2 aromatic rings. The Balaban J connectivity index is 1.39. The Kier molecular flexibility index (Phi) is 3.57. The van der Waals surface area contributed by atoms with Crippen LogP contribution in [0.3, 0.4) is 0 Å². The number of hydrogen-bond donors (Lipinski definition) is 0. The molecule has 0 spiro atoms. The molecule has 2 saturated heterocycles. The number of piperidine rings is 2. The van der Waals surface area contributed by atoms with Gasteiger partial charge in [-0.3, -0.25) is 0 Å². The topological polar surface area (TPSA) is 53.0 Å². The molecule has 2 aromatic carbocycles. The standard InChI is InChI=1S/C20H21N3O2S/c24-26(25)19-9-5-4-8-18(19)21-20(26)23-13-15-10-16(14-23)12-22(11-15)17-6-2-1-3-7-17/h1-9,15-16H,10-14H2.